The molecule has 1 aromatic heterocycles. The molecular weight excluding hydrogens is 350 g/mol. The summed E-state index contributed by atoms with van der Waals surface area (Å²) in [4.78, 5) is 19.3. The fraction of sp³-hybridized carbons (Fsp3) is 0.158. The van der Waals surface area contributed by atoms with E-state index < -0.39 is 5.91 Å². The van der Waals surface area contributed by atoms with Crippen LogP contribution < -0.4 is 11.1 Å². The van der Waals surface area contributed by atoms with Gasteiger partial charge in [0.05, 0.1) is 5.51 Å². The molecule has 25 heavy (non-hydrogen) atoms. The number of nitrogens with zero attached hydrogens (tertiary/aromatic N) is 1. The van der Waals surface area contributed by atoms with Gasteiger partial charge in [0.25, 0.3) is 0 Å². The van der Waals surface area contributed by atoms with Crippen LogP contribution in [0.4, 0.5) is 5.69 Å². The summed E-state index contributed by atoms with van der Waals surface area (Å²) in [6.45, 7) is 2.94. The summed E-state index contributed by atoms with van der Waals surface area (Å²) in [6, 6.07) is 12.0. The van der Waals surface area contributed by atoms with E-state index >= 15 is 0 Å². The number of fused-ring (bicyclic) bond motifs is 2. The molecule has 1 aliphatic heterocycles. The zero-order valence-corrected chi connectivity index (χ0v) is 15.3. The van der Waals surface area contributed by atoms with Crippen molar-refractivity contribution in [2.24, 2.45) is 5.73 Å². The lowest BCUT2D eigenvalue weighted by Crippen LogP contribution is -2.11. The van der Waals surface area contributed by atoms with E-state index in [1.165, 1.54) is 20.9 Å². The molecule has 1 unspecified atom stereocenters. The van der Waals surface area contributed by atoms with Crippen LogP contribution in [0, 0.1) is 0 Å². The molecule has 0 aliphatic carbocycles. The van der Waals surface area contributed by atoms with Crippen molar-refractivity contribution in [1.82, 2.24) is 4.98 Å². The lowest BCUT2D eigenvalue weighted by Gasteiger charge is -2.17. The van der Waals surface area contributed by atoms with Gasteiger partial charge in [0.1, 0.15) is 0 Å². The highest BCUT2D eigenvalue weighted by molar-refractivity contribution is 7.99. The van der Waals surface area contributed by atoms with Gasteiger partial charge in [-0.25, -0.2) is 0 Å². The predicted molar refractivity (Wildman–Crippen MR) is 102 cm³/mol. The van der Waals surface area contributed by atoms with Gasteiger partial charge < -0.3 is 11.1 Å². The molecule has 1 atom stereocenters. The standard InChI is InChI=1S/C19H17N3OS2/c1-11(18-9-21-10-24-18)13-3-2-4-16-14(13)8-22-15-7-12(19(20)23)5-6-17(15)25-16/h2-7,9-11,22H,8H2,1H3,(H2,20,23). The first-order chi connectivity index (χ1) is 12.1. The van der Waals surface area contributed by atoms with Crippen molar-refractivity contribution in [3.8, 4) is 0 Å². The predicted octanol–water partition coefficient (Wildman–Crippen LogP) is 4.47. The van der Waals surface area contributed by atoms with E-state index in [1.54, 1.807) is 29.2 Å². The van der Waals surface area contributed by atoms with Crippen LogP contribution >= 0.6 is 23.1 Å². The average molecular weight is 367 g/mol. The number of thiazole rings is 1. The van der Waals surface area contributed by atoms with Crippen molar-refractivity contribution in [3.63, 3.8) is 0 Å². The minimum atomic E-state index is -0.407. The number of rotatable bonds is 3. The Hall–Kier alpha value is -2.31. The molecule has 0 saturated heterocycles. The van der Waals surface area contributed by atoms with Crippen LogP contribution in [0.15, 0.2) is 57.9 Å². The molecule has 126 valence electrons. The Morgan fingerprint density at radius 1 is 1.28 bits per heavy atom. The summed E-state index contributed by atoms with van der Waals surface area (Å²) in [6.07, 6.45) is 1.94. The summed E-state index contributed by atoms with van der Waals surface area (Å²) < 4.78 is 0. The molecular formula is C19H17N3OS2. The third-order valence-electron chi connectivity index (χ3n) is 4.45. The lowest BCUT2D eigenvalue weighted by atomic mass is 9.94. The summed E-state index contributed by atoms with van der Waals surface area (Å²) in [5.74, 6) is -0.108. The van der Waals surface area contributed by atoms with E-state index in [0.717, 1.165) is 17.1 Å². The monoisotopic (exact) mass is 367 g/mol. The van der Waals surface area contributed by atoms with Crippen LogP contribution in [-0.2, 0) is 6.54 Å². The van der Waals surface area contributed by atoms with Crippen molar-refractivity contribution in [2.45, 2.75) is 29.2 Å². The van der Waals surface area contributed by atoms with E-state index in [2.05, 4.69) is 35.4 Å². The second kappa shape index (κ2) is 6.54. The second-order valence-corrected chi connectivity index (χ2v) is 7.98. The normalized spacial score (nSPS) is 14.0. The fourth-order valence-electron chi connectivity index (χ4n) is 3.08. The molecule has 3 N–H and O–H groups in total. The first-order valence-electron chi connectivity index (χ1n) is 7.99. The Balaban J connectivity index is 1.73. The van der Waals surface area contributed by atoms with Gasteiger partial charge in [-0.15, -0.1) is 11.3 Å². The topological polar surface area (TPSA) is 68.0 Å². The van der Waals surface area contributed by atoms with Crippen molar-refractivity contribution in [2.75, 3.05) is 5.32 Å². The van der Waals surface area contributed by atoms with Gasteiger partial charge in [0.15, 0.2) is 0 Å². The van der Waals surface area contributed by atoms with E-state index in [1.807, 2.05) is 23.8 Å². The van der Waals surface area contributed by atoms with Gasteiger partial charge in [-0.2, -0.15) is 0 Å². The van der Waals surface area contributed by atoms with Crippen molar-refractivity contribution in [3.05, 3.63) is 69.7 Å². The summed E-state index contributed by atoms with van der Waals surface area (Å²) in [5.41, 5.74) is 11.4. The number of amides is 1. The molecule has 4 rings (SSSR count). The van der Waals surface area contributed by atoms with E-state index in [4.69, 9.17) is 5.73 Å². The van der Waals surface area contributed by atoms with Crippen LogP contribution in [0.1, 0.15) is 39.2 Å². The maximum atomic E-state index is 11.4. The Bertz CT molecular complexity index is 938. The Kier molecular flexibility index (Phi) is 4.23. The summed E-state index contributed by atoms with van der Waals surface area (Å²) in [7, 11) is 0. The molecule has 3 aromatic rings. The number of aromatic nitrogens is 1. The number of benzene rings is 2. The smallest absolute Gasteiger partial charge is 0.248 e. The van der Waals surface area contributed by atoms with Crippen LogP contribution in [0.5, 0.6) is 0 Å². The van der Waals surface area contributed by atoms with E-state index in [0.29, 0.717) is 11.5 Å². The molecule has 1 amide bonds. The molecule has 0 radical (unpaired) electrons. The quantitative estimate of drug-likeness (QED) is 0.717. The highest BCUT2D eigenvalue weighted by Crippen LogP contribution is 2.42. The molecule has 0 saturated carbocycles. The molecule has 4 nitrogen and oxygen atoms in total. The molecule has 0 bridgehead atoms. The second-order valence-electron chi connectivity index (χ2n) is 5.98. The minimum Gasteiger partial charge on any atom is -0.380 e. The molecule has 0 fully saturated rings. The first kappa shape index (κ1) is 16.2. The Labute approximate surface area is 154 Å². The zero-order chi connectivity index (χ0) is 17.4. The van der Waals surface area contributed by atoms with Crippen LogP contribution in [0.3, 0.4) is 0 Å². The third kappa shape index (κ3) is 3.03. The largest absolute Gasteiger partial charge is 0.380 e. The Morgan fingerprint density at radius 2 is 2.16 bits per heavy atom. The number of primary amides is 1. The number of carbonyl (C=O) groups is 1. The van der Waals surface area contributed by atoms with Crippen molar-refractivity contribution >= 4 is 34.7 Å². The van der Waals surface area contributed by atoms with Gasteiger partial charge in [-0.3, -0.25) is 9.78 Å². The number of anilines is 1. The summed E-state index contributed by atoms with van der Waals surface area (Å²) >= 11 is 3.41. The number of nitrogens with two attached hydrogens (primary N) is 1. The van der Waals surface area contributed by atoms with Crippen LogP contribution in [0.25, 0.3) is 0 Å². The highest BCUT2D eigenvalue weighted by Gasteiger charge is 2.21. The maximum Gasteiger partial charge on any atom is 0.248 e. The number of nitrogens with one attached hydrogen (secondary N) is 1. The Morgan fingerprint density at radius 3 is 2.92 bits per heavy atom. The molecule has 1 aliphatic rings. The van der Waals surface area contributed by atoms with E-state index in [-0.39, 0.29) is 0 Å². The molecule has 2 heterocycles. The third-order valence-corrected chi connectivity index (χ3v) is 6.59. The van der Waals surface area contributed by atoms with Gasteiger partial charge >= 0.3 is 0 Å². The molecule has 0 spiro atoms. The molecule has 2 aromatic carbocycles. The fourth-order valence-corrected chi connectivity index (χ4v) is 4.85. The minimum absolute atomic E-state index is 0.298. The SMILES string of the molecule is CC(c1cncs1)c1cccc2c1CNc1cc(C(N)=O)ccc1S2. The summed E-state index contributed by atoms with van der Waals surface area (Å²) in [5, 5.41) is 3.48. The van der Waals surface area contributed by atoms with Crippen molar-refractivity contribution < 1.29 is 4.79 Å². The number of carbonyl (C=O) groups excluding carboxylic acids is 1. The zero-order valence-electron chi connectivity index (χ0n) is 13.7. The highest BCUT2D eigenvalue weighted by atomic mass is 32.2. The number of hydrogen-bond acceptors (Lipinski definition) is 5. The average Bonchev–Trinajstić information content (AvgIpc) is 3.08. The first-order valence-corrected chi connectivity index (χ1v) is 9.69. The maximum absolute atomic E-state index is 11.4. The van der Waals surface area contributed by atoms with Gasteiger partial charge in [-0.05, 0) is 35.4 Å². The van der Waals surface area contributed by atoms with Gasteiger partial charge in [0, 0.05) is 44.6 Å². The van der Waals surface area contributed by atoms with E-state index in [9.17, 15) is 4.79 Å². The van der Waals surface area contributed by atoms with Crippen molar-refractivity contribution in [1.29, 1.82) is 0 Å². The number of hydrogen-bond donors (Lipinski definition) is 2. The van der Waals surface area contributed by atoms with Crippen LogP contribution in [-0.4, -0.2) is 10.9 Å². The lowest BCUT2D eigenvalue weighted by molar-refractivity contribution is 0.100. The van der Waals surface area contributed by atoms with Crippen LogP contribution in [0.2, 0.25) is 0 Å². The molecule has 6 heteroatoms. The van der Waals surface area contributed by atoms with Gasteiger partial charge in [-0.1, -0.05) is 30.8 Å². The van der Waals surface area contributed by atoms with Gasteiger partial charge in [0.2, 0.25) is 5.91 Å².